The average Bonchev–Trinajstić information content (AvgIpc) is 3.48. The number of rotatable bonds is 5. The molecule has 14 nitrogen and oxygen atoms in total. The molecule has 1 saturated heterocycles. The first kappa shape index (κ1) is 31.3. The molecule has 3 aromatic rings. The summed E-state index contributed by atoms with van der Waals surface area (Å²) >= 11 is 0. The number of phenols is 1. The number of carbonyl (C=O) groups is 1. The van der Waals surface area contributed by atoms with Crippen molar-refractivity contribution in [2.24, 2.45) is 0 Å². The predicted octanol–water partition coefficient (Wildman–Crippen LogP) is 2.27. The second kappa shape index (κ2) is 10.4. The SMILES string of the molecule is CN[C@@H]1CC[C@@]23COc4c5c(cc(-c6cccc(O)c6)c4[C@@H]2Oc2c(OC)c(OC)cc1c23)O[C@@]12O[C@@](C(=O)O)(C=C[C@@H]1N5)[C@@H](O)[C@H](O)[C@H]2O. The third-order valence-corrected chi connectivity index (χ3v) is 11.4. The number of aliphatic carboxylic acids is 1. The molecule has 9 atom stereocenters. The van der Waals surface area contributed by atoms with E-state index in [1.165, 1.54) is 6.08 Å². The minimum Gasteiger partial charge on any atom is -0.508 e. The highest BCUT2D eigenvalue weighted by atomic mass is 16.7. The molecule has 0 radical (unpaired) electrons. The standard InChI is InChI=1S/C36H36N2O12/c1-37-19-7-9-34-14-47-28-23(32(34)48-29-24(34)18(19)13-21(45-2)27(29)46-3)17(15-5-4-6-16(39)11-15)12-20-25(28)38-22-8-10-35(33(43)44)30(41)26(40)31(42)36(22,49-20)50-35/h4-6,8,10-13,19,22,26,30-32,37-42H,7,9,14H2,1-3H3,(H,43,44)/t19-,22+,26+,30+,31-,32+,34+,35+,36-/m1/s1. The van der Waals surface area contributed by atoms with Crippen LogP contribution in [0.25, 0.3) is 11.1 Å². The smallest absolute Gasteiger partial charge is 0.343 e. The molecule has 0 amide bonds. The molecule has 0 aromatic heterocycles. The van der Waals surface area contributed by atoms with Gasteiger partial charge in [0.1, 0.15) is 42.4 Å². The number of aliphatic hydroxyl groups excluding tert-OH is 3. The summed E-state index contributed by atoms with van der Waals surface area (Å²) in [5.74, 6) is -1.59. The van der Waals surface area contributed by atoms with E-state index >= 15 is 0 Å². The fourth-order valence-corrected chi connectivity index (χ4v) is 8.97. The van der Waals surface area contributed by atoms with Crippen LogP contribution >= 0.6 is 0 Å². The van der Waals surface area contributed by atoms with E-state index in [4.69, 9.17) is 28.4 Å². The van der Waals surface area contributed by atoms with Gasteiger partial charge in [-0.05, 0) is 66.9 Å². The van der Waals surface area contributed by atoms with Crippen LogP contribution in [0.2, 0.25) is 0 Å². The van der Waals surface area contributed by atoms with Gasteiger partial charge in [0.2, 0.25) is 11.4 Å². The fraction of sp³-hybridized carbons (Fsp3) is 0.417. The molecule has 9 rings (SSSR count). The van der Waals surface area contributed by atoms with Crippen LogP contribution in [0, 0.1) is 0 Å². The average molecular weight is 689 g/mol. The van der Waals surface area contributed by atoms with Crippen molar-refractivity contribution in [1.82, 2.24) is 5.32 Å². The van der Waals surface area contributed by atoms with Gasteiger partial charge in [-0.1, -0.05) is 18.2 Å². The second-order valence-electron chi connectivity index (χ2n) is 13.7. The summed E-state index contributed by atoms with van der Waals surface area (Å²) in [4.78, 5) is 12.5. The van der Waals surface area contributed by atoms with Gasteiger partial charge in [0, 0.05) is 17.2 Å². The van der Waals surface area contributed by atoms with Crippen molar-refractivity contribution in [2.45, 2.75) is 66.1 Å². The predicted molar refractivity (Wildman–Crippen MR) is 174 cm³/mol. The van der Waals surface area contributed by atoms with Crippen LogP contribution < -0.4 is 34.3 Å². The fourth-order valence-electron chi connectivity index (χ4n) is 8.97. The van der Waals surface area contributed by atoms with Crippen LogP contribution in [0.15, 0.2) is 48.6 Å². The van der Waals surface area contributed by atoms with Gasteiger partial charge in [0.25, 0.3) is 5.79 Å². The molecule has 262 valence electrons. The van der Waals surface area contributed by atoms with E-state index in [0.717, 1.165) is 23.6 Å². The Morgan fingerprint density at radius 1 is 1.08 bits per heavy atom. The lowest BCUT2D eigenvalue weighted by Gasteiger charge is -2.57. The van der Waals surface area contributed by atoms with Gasteiger partial charge >= 0.3 is 5.97 Å². The summed E-state index contributed by atoms with van der Waals surface area (Å²) in [6, 6.07) is 9.38. The van der Waals surface area contributed by atoms with Crippen molar-refractivity contribution in [2.75, 3.05) is 33.2 Å². The Hall–Kier alpha value is -4.73. The Kier molecular flexibility index (Phi) is 6.50. The number of ether oxygens (including phenoxy) is 6. The van der Waals surface area contributed by atoms with Crippen LogP contribution in [0.4, 0.5) is 5.69 Å². The number of carboxylic acids is 1. The summed E-state index contributed by atoms with van der Waals surface area (Å²) in [6.07, 6.45) is -2.25. The molecule has 3 aromatic carbocycles. The third kappa shape index (κ3) is 3.71. The van der Waals surface area contributed by atoms with Crippen molar-refractivity contribution in [3.8, 4) is 45.6 Å². The summed E-state index contributed by atoms with van der Waals surface area (Å²) in [6.45, 7) is 0.228. The Balaban J connectivity index is 1.27. The molecular formula is C36H36N2O12. The van der Waals surface area contributed by atoms with Crippen molar-refractivity contribution in [3.05, 3.63) is 65.2 Å². The van der Waals surface area contributed by atoms with Gasteiger partial charge in [-0.3, -0.25) is 0 Å². The minimum atomic E-state index is -2.38. The number of hydrogen-bond acceptors (Lipinski definition) is 13. The zero-order valence-corrected chi connectivity index (χ0v) is 27.3. The lowest BCUT2D eigenvalue weighted by Crippen LogP contribution is -2.79. The van der Waals surface area contributed by atoms with E-state index < -0.39 is 53.2 Å². The highest BCUT2D eigenvalue weighted by molar-refractivity contribution is 5.86. The number of fused-ring (bicyclic) bond motifs is 5. The second-order valence-corrected chi connectivity index (χ2v) is 13.7. The van der Waals surface area contributed by atoms with E-state index in [1.807, 2.05) is 19.2 Å². The zero-order chi connectivity index (χ0) is 34.9. The van der Waals surface area contributed by atoms with Crippen molar-refractivity contribution in [3.63, 3.8) is 0 Å². The molecule has 14 heteroatoms. The van der Waals surface area contributed by atoms with Crippen LogP contribution in [0.1, 0.15) is 41.7 Å². The maximum Gasteiger partial charge on any atom is 0.343 e. The molecule has 0 saturated carbocycles. The van der Waals surface area contributed by atoms with Gasteiger partial charge in [-0.2, -0.15) is 0 Å². The highest BCUT2D eigenvalue weighted by Gasteiger charge is 2.70. The number of anilines is 1. The maximum absolute atomic E-state index is 12.5. The molecule has 7 N–H and O–H groups in total. The first-order valence-electron chi connectivity index (χ1n) is 16.4. The molecule has 5 heterocycles. The molecule has 5 aliphatic heterocycles. The van der Waals surface area contributed by atoms with Gasteiger partial charge in [-0.25, -0.2) is 4.79 Å². The Morgan fingerprint density at radius 3 is 2.62 bits per heavy atom. The molecule has 1 aliphatic carbocycles. The van der Waals surface area contributed by atoms with E-state index in [9.17, 15) is 30.3 Å². The Bertz CT molecular complexity index is 2000. The van der Waals surface area contributed by atoms with Gasteiger partial charge in [0.15, 0.2) is 29.1 Å². The van der Waals surface area contributed by atoms with E-state index in [1.54, 1.807) is 38.5 Å². The quantitative estimate of drug-likeness (QED) is 0.193. The first-order chi connectivity index (χ1) is 24.0. The van der Waals surface area contributed by atoms with Crippen LogP contribution in [-0.2, 0) is 14.9 Å². The van der Waals surface area contributed by atoms with Gasteiger partial charge < -0.3 is 64.6 Å². The number of nitrogens with one attached hydrogen (secondary N) is 2. The number of benzene rings is 3. The molecule has 6 aliphatic rings. The summed E-state index contributed by atoms with van der Waals surface area (Å²) in [7, 11) is 5.08. The van der Waals surface area contributed by atoms with E-state index in [0.29, 0.717) is 51.8 Å². The molecule has 2 bridgehead atoms. The van der Waals surface area contributed by atoms with Crippen molar-refractivity contribution < 1.29 is 58.7 Å². The number of hydrogen-bond donors (Lipinski definition) is 7. The lowest BCUT2D eigenvalue weighted by atomic mass is 9.64. The summed E-state index contributed by atoms with van der Waals surface area (Å²) in [5.41, 5.74) is 1.25. The zero-order valence-electron chi connectivity index (χ0n) is 27.3. The monoisotopic (exact) mass is 688 g/mol. The number of phenolic OH excluding ortho intramolecular Hbond substituents is 1. The third-order valence-electron chi connectivity index (χ3n) is 11.4. The summed E-state index contributed by atoms with van der Waals surface area (Å²) < 4.78 is 37.9. The molecule has 2 spiro atoms. The number of carboxylic acid groups (broad SMARTS) is 1. The molecule has 50 heavy (non-hydrogen) atoms. The maximum atomic E-state index is 12.5. The van der Waals surface area contributed by atoms with E-state index in [-0.39, 0.29) is 24.1 Å². The topological polar surface area (TPSA) is 198 Å². The van der Waals surface area contributed by atoms with Crippen molar-refractivity contribution >= 4 is 11.7 Å². The number of methoxy groups -OCH3 is 2. The Morgan fingerprint density at radius 2 is 1.90 bits per heavy atom. The largest absolute Gasteiger partial charge is 0.508 e. The molecule has 0 unspecified atom stereocenters. The van der Waals surface area contributed by atoms with Gasteiger partial charge in [-0.15, -0.1) is 0 Å². The lowest BCUT2D eigenvalue weighted by molar-refractivity contribution is -0.356. The van der Waals surface area contributed by atoms with E-state index in [2.05, 4.69) is 10.6 Å². The molecular weight excluding hydrogens is 652 g/mol. The first-order valence-corrected chi connectivity index (χ1v) is 16.4. The van der Waals surface area contributed by atoms with Crippen molar-refractivity contribution in [1.29, 1.82) is 0 Å². The number of aliphatic hydroxyl groups is 3. The number of aromatic hydroxyl groups is 1. The summed E-state index contributed by atoms with van der Waals surface area (Å²) in [5, 5.41) is 60.5. The van der Waals surface area contributed by atoms with Gasteiger partial charge in [0.05, 0.1) is 19.6 Å². The Labute approximate surface area is 285 Å². The van der Waals surface area contributed by atoms with Crippen LogP contribution in [-0.4, -0.2) is 95.1 Å². The van der Waals surface area contributed by atoms with Crippen LogP contribution in [0.5, 0.6) is 34.5 Å². The minimum absolute atomic E-state index is 0.0174. The highest BCUT2D eigenvalue weighted by Crippen LogP contribution is 2.68. The van der Waals surface area contributed by atoms with Crippen LogP contribution in [0.3, 0.4) is 0 Å². The normalized spacial score (nSPS) is 35.0. The molecule has 1 fully saturated rings.